The summed E-state index contributed by atoms with van der Waals surface area (Å²) < 4.78 is 1.83. The van der Waals surface area contributed by atoms with Gasteiger partial charge in [0.25, 0.3) is 0 Å². The summed E-state index contributed by atoms with van der Waals surface area (Å²) in [6.07, 6.45) is 1.69. The Bertz CT molecular complexity index is 497. The van der Waals surface area contributed by atoms with Gasteiger partial charge in [-0.25, -0.2) is 0 Å². The molecule has 0 saturated carbocycles. The van der Waals surface area contributed by atoms with Gasteiger partial charge >= 0.3 is 0 Å². The molecule has 0 aliphatic heterocycles. The van der Waals surface area contributed by atoms with Crippen molar-refractivity contribution in [2.24, 2.45) is 7.05 Å². The summed E-state index contributed by atoms with van der Waals surface area (Å²) in [6, 6.07) is 8.57. The van der Waals surface area contributed by atoms with Gasteiger partial charge in [0.05, 0.1) is 23.0 Å². The van der Waals surface area contributed by atoms with Gasteiger partial charge in [0.1, 0.15) is 0 Å². The fourth-order valence-electron chi connectivity index (χ4n) is 2.08. The molecule has 1 aromatic heterocycles. The van der Waals surface area contributed by atoms with E-state index in [2.05, 4.69) is 48.5 Å². The highest BCUT2D eigenvalue weighted by Crippen LogP contribution is 2.27. The maximum absolute atomic E-state index is 6.23. The maximum atomic E-state index is 6.23. The first-order valence-electron chi connectivity index (χ1n) is 6.10. The minimum Gasteiger partial charge on any atom is -0.305 e. The van der Waals surface area contributed by atoms with Crippen LogP contribution in [0, 0.1) is 6.92 Å². The Kier molecular flexibility index (Phi) is 4.04. The van der Waals surface area contributed by atoms with Crippen LogP contribution in [0.3, 0.4) is 0 Å². The summed E-state index contributed by atoms with van der Waals surface area (Å²) in [5.74, 6) is 0. The maximum Gasteiger partial charge on any atom is 0.0837 e. The van der Waals surface area contributed by atoms with E-state index in [9.17, 15) is 0 Å². The van der Waals surface area contributed by atoms with E-state index < -0.39 is 0 Å². The van der Waals surface area contributed by atoms with Crippen molar-refractivity contribution < 1.29 is 0 Å². The number of aromatic nitrogens is 2. The molecule has 96 valence electrons. The van der Waals surface area contributed by atoms with E-state index in [-0.39, 0.29) is 6.04 Å². The Morgan fingerprint density at radius 2 is 2.00 bits per heavy atom. The zero-order valence-corrected chi connectivity index (χ0v) is 11.7. The van der Waals surface area contributed by atoms with E-state index in [0.717, 1.165) is 12.2 Å². The lowest BCUT2D eigenvalue weighted by Gasteiger charge is -2.19. The lowest BCUT2D eigenvalue weighted by molar-refractivity contribution is 0.573. The number of halogens is 1. The first-order valence-corrected chi connectivity index (χ1v) is 6.48. The molecule has 0 spiro atoms. The van der Waals surface area contributed by atoms with Crippen LogP contribution in [-0.2, 0) is 7.05 Å². The van der Waals surface area contributed by atoms with Crippen LogP contribution in [0.15, 0.2) is 30.5 Å². The summed E-state index contributed by atoms with van der Waals surface area (Å²) in [5, 5.41) is 8.36. The average Bonchev–Trinajstić information content (AvgIpc) is 2.68. The van der Waals surface area contributed by atoms with Gasteiger partial charge in [0.2, 0.25) is 0 Å². The lowest BCUT2D eigenvalue weighted by atomic mass is 10.0. The second-order valence-corrected chi connectivity index (χ2v) is 4.81. The smallest absolute Gasteiger partial charge is 0.0837 e. The highest BCUT2D eigenvalue weighted by molar-refractivity contribution is 6.31. The number of benzene rings is 1. The van der Waals surface area contributed by atoms with Crippen molar-refractivity contribution in [3.8, 4) is 0 Å². The topological polar surface area (TPSA) is 29.9 Å². The first kappa shape index (κ1) is 13.1. The lowest BCUT2D eigenvalue weighted by Crippen LogP contribution is -2.24. The minimum atomic E-state index is 0.0793. The number of nitrogens with zero attached hydrogens (tertiary/aromatic N) is 2. The third kappa shape index (κ3) is 2.57. The van der Waals surface area contributed by atoms with E-state index in [4.69, 9.17) is 11.6 Å². The predicted molar refractivity (Wildman–Crippen MR) is 74.9 cm³/mol. The van der Waals surface area contributed by atoms with Gasteiger partial charge in [-0.15, -0.1) is 0 Å². The monoisotopic (exact) mass is 263 g/mol. The van der Waals surface area contributed by atoms with Crippen molar-refractivity contribution >= 4 is 11.6 Å². The minimum absolute atomic E-state index is 0.0793. The molecule has 2 aromatic rings. The van der Waals surface area contributed by atoms with Crippen molar-refractivity contribution in [2.75, 3.05) is 6.54 Å². The predicted octanol–water partition coefficient (Wildman–Crippen LogP) is 3.08. The normalized spacial score (nSPS) is 12.7. The van der Waals surface area contributed by atoms with E-state index in [0.29, 0.717) is 5.02 Å². The second kappa shape index (κ2) is 5.55. The Morgan fingerprint density at radius 1 is 1.33 bits per heavy atom. The third-order valence-electron chi connectivity index (χ3n) is 3.03. The second-order valence-electron chi connectivity index (χ2n) is 4.40. The molecule has 1 heterocycles. The van der Waals surface area contributed by atoms with Crippen LogP contribution in [0.2, 0.25) is 5.02 Å². The van der Waals surface area contributed by atoms with Crippen LogP contribution < -0.4 is 5.32 Å². The number of aryl methyl sites for hydroxylation is 2. The molecule has 0 amide bonds. The van der Waals surface area contributed by atoms with Crippen molar-refractivity contribution in [2.45, 2.75) is 19.9 Å². The van der Waals surface area contributed by atoms with Crippen molar-refractivity contribution in [1.82, 2.24) is 15.1 Å². The molecule has 0 aliphatic carbocycles. The summed E-state index contributed by atoms with van der Waals surface area (Å²) in [6.45, 7) is 5.05. The van der Waals surface area contributed by atoms with Gasteiger partial charge in [-0.1, -0.05) is 48.4 Å². The molecule has 3 nitrogen and oxygen atoms in total. The summed E-state index contributed by atoms with van der Waals surface area (Å²) in [5.41, 5.74) is 3.46. The van der Waals surface area contributed by atoms with Gasteiger partial charge < -0.3 is 5.32 Å². The first-order chi connectivity index (χ1) is 8.63. The van der Waals surface area contributed by atoms with Gasteiger partial charge in [-0.3, -0.25) is 4.68 Å². The van der Waals surface area contributed by atoms with Crippen LogP contribution in [0.5, 0.6) is 0 Å². The Morgan fingerprint density at radius 3 is 2.50 bits per heavy atom. The quantitative estimate of drug-likeness (QED) is 0.919. The molecular formula is C14H18ClN3. The molecule has 1 unspecified atom stereocenters. The van der Waals surface area contributed by atoms with E-state index >= 15 is 0 Å². The highest BCUT2D eigenvalue weighted by atomic mass is 35.5. The van der Waals surface area contributed by atoms with Crippen LogP contribution in [0.4, 0.5) is 0 Å². The molecule has 4 heteroatoms. The van der Waals surface area contributed by atoms with Crippen molar-refractivity contribution in [1.29, 1.82) is 0 Å². The molecule has 2 rings (SSSR count). The number of nitrogens with one attached hydrogen (secondary N) is 1. The van der Waals surface area contributed by atoms with Gasteiger partial charge in [-0.2, -0.15) is 5.10 Å². The van der Waals surface area contributed by atoms with Gasteiger partial charge in [0, 0.05) is 7.05 Å². The zero-order chi connectivity index (χ0) is 13.1. The Balaban J connectivity index is 2.43. The molecule has 0 fully saturated rings. The van der Waals surface area contributed by atoms with E-state index in [1.165, 1.54) is 11.1 Å². The molecule has 1 aromatic carbocycles. The largest absolute Gasteiger partial charge is 0.305 e. The van der Waals surface area contributed by atoms with Crippen LogP contribution in [-0.4, -0.2) is 16.3 Å². The van der Waals surface area contributed by atoms with Crippen molar-refractivity contribution in [3.63, 3.8) is 0 Å². The Hall–Kier alpha value is -1.32. The zero-order valence-electron chi connectivity index (χ0n) is 10.9. The standard InChI is InChI=1S/C14H18ClN3/c1-4-16-13(11-7-5-10(2)6-8-11)14-12(15)9-17-18(14)3/h5-9,13,16H,4H2,1-3H3. The molecule has 0 aliphatic rings. The average molecular weight is 264 g/mol. The highest BCUT2D eigenvalue weighted by Gasteiger charge is 2.19. The summed E-state index contributed by atoms with van der Waals surface area (Å²) in [4.78, 5) is 0. The van der Waals surface area contributed by atoms with E-state index in [1.807, 2.05) is 11.7 Å². The fourth-order valence-corrected chi connectivity index (χ4v) is 2.36. The van der Waals surface area contributed by atoms with Gasteiger partial charge in [-0.05, 0) is 19.0 Å². The SMILES string of the molecule is CCNC(c1ccc(C)cc1)c1c(Cl)cnn1C. The summed E-state index contributed by atoms with van der Waals surface area (Å²) >= 11 is 6.23. The molecule has 0 bridgehead atoms. The molecule has 0 radical (unpaired) electrons. The van der Waals surface area contributed by atoms with Crippen LogP contribution in [0.1, 0.15) is 29.8 Å². The molecule has 0 saturated heterocycles. The number of rotatable bonds is 4. The van der Waals surface area contributed by atoms with Crippen molar-refractivity contribution in [3.05, 3.63) is 52.3 Å². The number of hydrogen-bond acceptors (Lipinski definition) is 2. The molecule has 18 heavy (non-hydrogen) atoms. The van der Waals surface area contributed by atoms with Crippen LogP contribution in [0.25, 0.3) is 0 Å². The van der Waals surface area contributed by atoms with E-state index in [1.54, 1.807) is 6.20 Å². The fraction of sp³-hybridized carbons (Fsp3) is 0.357. The summed E-state index contributed by atoms with van der Waals surface area (Å²) in [7, 11) is 1.92. The Labute approximate surface area is 113 Å². The molecule has 1 atom stereocenters. The van der Waals surface area contributed by atoms with Crippen LogP contribution >= 0.6 is 11.6 Å². The molecular weight excluding hydrogens is 246 g/mol. The van der Waals surface area contributed by atoms with Gasteiger partial charge in [0.15, 0.2) is 0 Å². The number of hydrogen-bond donors (Lipinski definition) is 1. The third-order valence-corrected chi connectivity index (χ3v) is 3.32. The molecule has 1 N–H and O–H groups in total.